The fraction of sp³-hybridized carbons (Fsp3) is 0.818. The molecule has 1 amide bonds. The van der Waals surface area contributed by atoms with Gasteiger partial charge in [0.2, 0.25) is 5.91 Å². The Morgan fingerprint density at radius 3 is 2.32 bits per heavy atom. The number of carbonyl (C=O) groups is 2. The van der Waals surface area contributed by atoms with E-state index < -0.39 is 40.4 Å². The van der Waals surface area contributed by atoms with E-state index >= 15 is 0 Å². The van der Waals surface area contributed by atoms with E-state index in [2.05, 4.69) is 5.32 Å². The molecule has 110 valence electrons. The molecule has 0 unspecified atom stereocenters. The van der Waals surface area contributed by atoms with E-state index in [9.17, 15) is 27.9 Å². The fourth-order valence-electron chi connectivity index (χ4n) is 2.10. The molecule has 0 aromatic rings. The third-order valence-corrected chi connectivity index (χ3v) is 4.02. The summed E-state index contributed by atoms with van der Waals surface area (Å²) in [7, 11) is 0. The number of alkyl halides is 3. The summed E-state index contributed by atoms with van der Waals surface area (Å²) in [4.78, 5) is 22.7. The van der Waals surface area contributed by atoms with Crippen LogP contribution in [0.4, 0.5) is 13.2 Å². The van der Waals surface area contributed by atoms with E-state index in [0.717, 1.165) is 0 Å². The summed E-state index contributed by atoms with van der Waals surface area (Å²) >= 11 is -0.464. The van der Waals surface area contributed by atoms with Gasteiger partial charge in [-0.05, 0) is 43.4 Å². The first kappa shape index (κ1) is 16.1. The highest BCUT2D eigenvalue weighted by Gasteiger charge is 2.42. The highest BCUT2D eigenvalue weighted by atomic mass is 32.2. The van der Waals surface area contributed by atoms with Crippen molar-refractivity contribution in [1.29, 1.82) is 0 Å². The predicted molar refractivity (Wildman–Crippen MR) is 64.7 cm³/mol. The van der Waals surface area contributed by atoms with Crippen LogP contribution < -0.4 is 5.32 Å². The Morgan fingerprint density at radius 1 is 1.37 bits per heavy atom. The first-order chi connectivity index (χ1) is 8.65. The third-order valence-electron chi connectivity index (χ3n) is 3.28. The first-order valence-electron chi connectivity index (χ1n) is 5.90. The van der Waals surface area contributed by atoms with Crippen LogP contribution in [0.3, 0.4) is 0 Å². The third kappa shape index (κ3) is 4.93. The molecule has 1 rings (SSSR count). The van der Waals surface area contributed by atoms with Crippen molar-refractivity contribution in [2.45, 2.75) is 43.7 Å². The minimum Gasteiger partial charge on any atom is -0.480 e. The second-order valence-electron chi connectivity index (χ2n) is 4.85. The van der Waals surface area contributed by atoms with Crippen molar-refractivity contribution in [2.24, 2.45) is 5.92 Å². The average Bonchev–Trinajstić information content (AvgIpc) is 2.29. The van der Waals surface area contributed by atoms with Crippen LogP contribution in [0, 0.1) is 5.92 Å². The number of carbonyl (C=O) groups excluding carboxylic acids is 1. The zero-order chi connectivity index (χ0) is 14.7. The number of hydrogen-bond acceptors (Lipinski definition) is 3. The quantitative estimate of drug-likeness (QED) is 0.836. The molecule has 0 bridgehead atoms. The van der Waals surface area contributed by atoms with Gasteiger partial charge in [0.1, 0.15) is 5.54 Å². The second-order valence-corrected chi connectivity index (χ2v) is 5.89. The van der Waals surface area contributed by atoms with Crippen molar-refractivity contribution in [2.75, 3.05) is 5.75 Å². The van der Waals surface area contributed by atoms with Gasteiger partial charge >= 0.3 is 11.5 Å². The molecule has 0 heterocycles. The van der Waals surface area contributed by atoms with Gasteiger partial charge in [0, 0.05) is 0 Å². The summed E-state index contributed by atoms with van der Waals surface area (Å²) in [5.41, 5.74) is -5.90. The molecule has 19 heavy (non-hydrogen) atoms. The Hall–Kier alpha value is -0.920. The predicted octanol–water partition coefficient (Wildman–Crippen LogP) is 2.39. The van der Waals surface area contributed by atoms with Crippen LogP contribution in [0.5, 0.6) is 0 Å². The molecule has 0 atom stereocenters. The molecule has 1 aliphatic carbocycles. The fourth-order valence-corrected chi connectivity index (χ4v) is 2.46. The Labute approximate surface area is 113 Å². The van der Waals surface area contributed by atoms with Gasteiger partial charge in [-0.25, -0.2) is 4.79 Å². The Kier molecular flexibility index (Phi) is 5.11. The normalized spacial score (nSPS) is 27.9. The molecule has 0 saturated heterocycles. The van der Waals surface area contributed by atoms with Crippen molar-refractivity contribution in [1.82, 2.24) is 5.32 Å². The van der Waals surface area contributed by atoms with E-state index in [1.165, 1.54) is 0 Å². The molecule has 1 saturated carbocycles. The van der Waals surface area contributed by atoms with Gasteiger partial charge in [0.05, 0.1) is 5.75 Å². The van der Waals surface area contributed by atoms with Crippen molar-refractivity contribution in [3.63, 3.8) is 0 Å². The molecule has 1 aliphatic rings. The van der Waals surface area contributed by atoms with Crippen LogP contribution in [-0.2, 0) is 9.59 Å². The van der Waals surface area contributed by atoms with Crippen molar-refractivity contribution < 1.29 is 27.9 Å². The minimum atomic E-state index is -4.49. The lowest BCUT2D eigenvalue weighted by atomic mass is 9.77. The van der Waals surface area contributed by atoms with E-state index in [1.54, 1.807) is 0 Å². The Morgan fingerprint density at radius 2 is 1.89 bits per heavy atom. The maximum absolute atomic E-state index is 12.0. The lowest BCUT2D eigenvalue weighted by Crippen LogP contribution is -2.56. The molecular formula is C11H16F3NO3S. The van der Waals surface area contributed by atoms with Crippen molar-refractivity contribution in [3.8, 4) is 0 Å². The molecule has 1 fully saturated rings. The highest BCUT2D eigenvalue weighted by molar-refractivity contribution is 8.00. The zero-order valence-electron chi connectivity index (χ0n) is 10.4. The van der Waals surface area contributed by atoms with Crippen molar-refractivity contribution in [3.05, 3.63) is 0 Å². The smallest absolute Gasteiger partial charge is 0.442 e. The Bertz CT molecular complexity index is 352. The first-order valence-corrected chi connectivity index (χ1v) is 6.88. The number of halogens is 3. The topological polar surface area (TPSA) is 66.4 Å². The number of hydrogen-bond donors (Lipinski definition) is 2. The monoisotopic (exact) mass is 299 g/mol. The van der Waals surface area contributed by atoms with Crippen LogP contribution in [0.15, 0.2) is 0 Å². The van der Waals surface area contributed by atoms with Crippen LogP contribution >= 0.6 is 11.8 Å². The number of thioether (sulfide) groups is 1. The SMILES string of the molecule is CC1CCC(NC(=O)CSC(F)(F)F)(C(=O)O)CC1. The summed E-state index contributed by atoms with van der Waals surface area (Å²) in [6, 6.07) is 0. The molecule has 0 radical (unpaired) electrons. The van der Waals surface area contributed by atoms with E-state index in [0.29, 0.717) is 18.8 Å². The maximum atomic E-state index is 12.0. The van der Waals surface area contributed by atoms with E-state index in [1.807, 2.05) is 6.92 Å². The minimum absolute atomic E-state index is 0.256. The molecule has 0 aromatic heterocycles. The van der Waals surface area contributed by atoms with Gasteiger partial charge < -0.3 is 10.4 Å². The maximum Gasteiger partial charge on any atom is 0.442 e. The molecular weight excluding hydrogens is 283 g/mol. The molecule has 0 spiro atoms. The van der Waals surface area contributed by atoms with Crippen LogP contribution in [0.2, 0.25) is 0 Å². The molecule has 2 N–H and O–H groups in total. The number of amides is 1. The number of aliphatic carboxylic acids is 1. The average molecular weight is 299 g/mol. The van der Waals surface area contributed by atoms with Crippen LogP contribution in [-0.4, -0.2) is 33.8 Å². The summed E-state index contributed by atoms with van der Waals surface area (Å²) < 4.78 is 35.9. The van der Waals surface area contributed by atoms with Crippen molar-refractivity contribution >= 4 is 23.6 Å². The Balaban J connectivity index is 2.59. The van der Waals surface area contributed by atoms with Crippen LogP contribution in [0.25, 0.3) is 0 Å². The van der Waals surface area contributed by atoms with E-state index in [4.69, 9.17) is 0 Å². The summed E-state index contributed by atoms with van der Waals surface area (Å²) in [6.07, 6.45) is 1.79. The standard InChI is InChI=1S/C11H16F3NO3S/c1-7-2-4-10(5-3-7,9(17)18)15-8(16)6-19-11(12,13)14/h7H,2-6H2,1H3,(H,15,16)(H,17,18). The van der Waals surface area contributed by atoms with E-state index in [-0.39, 0.29) is 12.8 Å². The van der Waals surface area contributed by atoms with Gasteiger partial charge in [-0.2, -0.15) is 13.2 Å². The molecule has 0 aromatic carbocycles. The number of carboxylic acids is 1. The largest absolute Gasteiger partial charge is 0.480 e. The number of carboxylic acid groups (broad SMARTS) is 1. The second kappa shape index (κ2) is 6.02. The van der Waals surface area contributed by atoms with Gasteiger partial charge in [0.25, 0.3) is 0 Å². The highest BCUT2D eigenvalue weighted by Crippen LogP contribution is 2.33. The van der Waals surface area contributed by atoms with Gasteiger partial charge in [0.15, 0.2) is 0 Å². The molecule has 8 heteroatoms. The van der Waals surface area contributed by atoms with Gasteiger partial charge in [-0.3, -0.25) is 4.79 Å². The van der Waals surface area contributed by atoms with Gasteiger partial charge in [-0.15, -0.1) is 0 Å². The molecule has 4 nitrogen and oxygen atoms in total. The number of rotatable bonds is 4. The van der Waals surface area contributed by atoms with Gasteiger partial charge in [-0.1, -0.05) is 6.92 Å². The summed E-state index contributed by atoms with van der Waals surface area (Å²) in [6.45, 7) is 1.98. The molecule has 0 aliphatic heterocycles. The lowest BCUT2D eigenvalue weighted by molar-refractivity contribution is -0.149. The van der Waals surface area contributed by atoms with Crippen LogP contribution in [0.1, 0.15) is 32.6 Å². The summed E-state index contributed by atoms with van der Waals surface area (Å²) in [5.74, 6) is -2.51. The summed E-state index contributed by atoms with van der Waals surface area (Å²) in [5, 5.41) is 11.5. The number of nitrogens with one attached hydrogen (secondary N) is 1. The zero-order valence-corrected chi connectivity index (χ0v) is 11.2. The lowest BCUT2D eigenvalue weighted by Gasteiger charge is -2.36.